The van der Waals surface area contributed by atoms with Crippen LogP contribution in [-0.4, -0.2) is 47.1 Å². The average molecular weight is 303 g/mol. The van der Waals surface area contributed by atoms with E-state index in [1.54, 1.807) is 11.3 Å². The summed E-state index contributed by atoms with van der Waals surface area (Å²) in [5, 5.41) is 3.15. The highest BCUT2D eigenvalue weighted by molar-refractivity contribution is 7.13. The molecule has 0 aliphatic carbocycles. The molecule has 6 heteroatoms. The summed E-state index contributed by atoms with van der Waals surface area (Å²) < 4.78 is 0. The summed E-state index contributed by atoms with van der Waals surface area (Å²) in [5.74, 6) is 0. The van der Waals surface area contributed by atoms with Crippen molar-refractivity contribution in [2.75, 3.05) is 31.1 Å². The lowest BCUT2D eigenvalue weighted by molar-refractivity contribution is 0.166. The van der Waals surface area contributed by atoms with E-state index in [0.717, 1.165) is 31.3 Å². The second-order valence-corrected chi connectivity index (χ2v) is 6.30. The Hall–Kier alpha value is -1.50. The molecule has 3 rings (SSSR count). The molecular formula is C15H21N5S. The van der Waals surface area contributed by atoms with Crippen molar-refractivity contribution in [3.63, 3.8) is 0 Å². The van der Waals surface area contributed by atoms with Crippen LogP contribution >= 0.6 is 11.3 Å². The van der Waals surface area contributed by atoms with E-state index in [1.807, 2.05) is 24.0 Å². The molecule has 2 unspecified atom stereocenters. The van der Waals surface area contributed by atoms with E-state index < -0.39 is 0 Å². The minimum Gasteiger partial charge on any atom is -0.346 e. The van der Waals surface area contributed by atoms with Gasteiger partial charge in [-0.25, -0.2) is 4.98 Å². The lowest BCUT2D eigenvalue weighted by Gasteiger charge is -2.40. The van der Waals surface area contributed by atoms with Crippen molar-refractivity contribution in [1.29, 1.82) is 0 Å². The van der Waals surface area contributed by atoms with Gasteiger partial charge in [0.2, 0.25) is 0 Å². The van der Waals surface area contributed by atoms with Gasteiger partial charge in [0.25, 0.3) is 0 Å². The molecule has 0 radical (unpaired) electrons. The van der Waals surface area contributed by atoms with Crippen molar-refractivity contribution < 1.29 is 0 Å². The molecule has 5 nitrogen and oxygen atoms in total. The Balaban J connectivity index is 1.69. The molecule has 1 aliphatic heterocycles. The number of piperazine rings is 1. The fraction of sp³-hybridized carbons (Fsp3) is 0.467. The number of hydrogen-bond acceptors (Lipinski definition) is 6. The first-order chi connectivity index (χ1) is 10.3. The SMILES string of the molecule is CC(N)C(c1ccncc1)N1CCN(c2nccs2)CC1. The molecule has 1 fully saturated rings. The smallest absolute Gasteiger partial charge is 0.185 e. The van der Waals surface area contributed by atoms with Crippen LogP contribution < -0.4 is 10.6 Å². The molecule has 0 aromatic carbocycles. The number of nitrogens with two attached hydrogens (primary N) is 1. The van der Waals surface area contributed by atoms with E-state index in [4.69, 9.17) is 5.73 Å². The molecular weight excluding hydrogens is 282 g/mol. The highest BCUT2D eigenvalue weighted by Crippen LogP contribution is 2.26. The van der Waals surface area contributed by atoms with Crippen LogP contribution in [0.4, 0.5) is 5.13 Å². The fourth-order valence-electron chi connectivity index (χ4n) is 2.97. The van der Waals surface area contributed by atoms with Gasteiger partial charge in [-0.2, -0.15) is 0 Å². The zero-order valence-corrected chi connectivity index (χ0v) is 13.0. The minimum atomic E-state index is 0.0961. The molecule has 2 aromatic rings. The van der Waals surface area contributed by atoms with Gasteiger partial charge in [-0.05, 0) is 24.6 Å². The summed E-state index contributed by atoms with van der Waals surface area (Å²) in [7, 11) is 0. The van der Waals surface area contributed by atoms with Gasteiger partial charge >= 0.3 is 0 Å². The molecule has 0 spiro atoms. The van der Waals surface area contributed by atoms with Gasteiger partial charge in [-0.15, -0.1) is 11.3 Å². The van der Waals surface area contributed by atoms with Gasteiger partial charge in [0, 0.05) is 62.2 Å². The van der Waals surface area contributed by atoms with Crippen molar-refractivity contribution >= 4 is 16.5 Å². The Labute approximate surface area is 129 Å². The zero-order valence-electron chi connectivity index (χ0n) is 12.2. The summed E-state index contributed by atoms with van der Waals surface area (Å²) in [5.41, 5.74) is 7.50. The van der Waals surface area contributed by atoms with Crippen molar-refractivity contribution in [3.05, 3.63) is 41.7 Å². The number of anilines is 1. The van der Waals surface area contributed by atoms with Crippen LogP contribution in [0.3, 0.4) is 0 Å². The predicted molar refractivity (Wildman–Crippen MR) is 86.5 cm³/mol. The third-order valence-corrected chi connectivity index (χ3v) is 4.78. The number of thiazole rings is 1. The number of hydrogen-bond donors (Lipinski definition) is 1. The van der Waals surface area contributed by atoms with Crippen LogP contribution in [0.1, 0.15) is 18.5 Å². The van der Waals surface area contributed by atoms with E-state index in [1.165, 1.54) is 5.56 Å². The Morgan fingerprint density at radius 3 is 2.43 bits per heavy atom. The topological polar surface area (TPSA) is 58.3 Å². The summed E-state index contributed by atoms with van der Waals surface area (Å²) in [4.78, 5) is 13.3. The molecule has 2 N–H and O–H groups in total. The first-order valence-corrected chi connectivity index (χ1v) is 8.17. The Morgan fingerprint density at radius 2 is 1.86 bits per heavy atom. The normalized spacial score (nSPS) is 19.4. The van der Waals surface area contributed by atoms with E-state index in [2.05, 4.69) is 38.8 Å². The lowest BCUT2D eigenvalue weighted by atomic mass is 9.99. The van der Waals surface area contributed by atoms with Crippen LogP contribution in [0.15, 0.2) is 36.1 Å². The Kier molecular flexibility index (Phi) is 4.48. The van der Waals surface area contributed by atoms with Gasteiger partial charge in [0.05, 0.1) is 0 Å². The molecule has 3 heterocycles. The molecule has 2 atom stereocenters. The number of rotatable bonds is 4. The highest BCUT2D eigenvalue weighted by Gasteiger charge is 2.28. The molecule has 21 heavy (non-hydrogen) atoms. The van der Waals surface area contributed by atoms with E-state index in [0.29, 0.717) is 0 Å². The van der Waals surface area contributed by atoms with E-state index in [9.17, 15) is 0 Å². The summed E-state index contributed by atoms with van der Waals surface area (Å²) >= 11 is 1.71. The van der Waals surface area contributed by atoms with Gasteiger partial charge in [-0.1, -0.05) is 0 Å². The molecule has 0 saturated carbocycles. The largest absolute Gasteiger partial charge is 0.346 e. The molecule has 1 aliphatic rings. The van der Waals surface area contributed by atoms with Crippen LogP contribution in [0, 0.1) is 0 Å². The molecule has 1 saturated heterocycles. The number of aromatic nitrogens is 2. The fourth-order valence-corrected chi connectivity index (χ4v) is 3.67. The Morgan fingerprint density at radius 1 is 1.14 bits per heavy atom. The number of pyridine rings is 1. The van der Waals surface area contributed by atoms with Gasteiger partial charge < -0.3 is 10.6 Å². The minimum absolute atomic E-state index is 0.0961. The van der Waals surface area contributed by atoms with E-state index >= 15 is 0 Å². The van der Waals surface area contributed by atoms with Crippen LogP contribution in [0.25, 0.3) is 0 Å². The third-order valence-electron chi connectivity index (χ3n) is 3.94. The maximum absolute atomic E-state index is 6.24. The third kappa shape index (κ3) is 3.23. The lowest BCUT2D eigenvalue weighted by Crippen LogP contribution is -2.51. The standard InChI is InChI=1S/C15H21N5S/c1-12(16)14(13-2-4-17-5-3-13)19-7-9-20(10-8-19)15-18-6-11-21-15/h2-6,11-12,14H,7-10,16H2,1H3. The van der Waals surface area contributed by atoms with Crippen molar-refractivity contribution in [2.24, 2.45) is 5.73 Å². The summed E-state index contributed by atoms with van der Waals surface area (Å²) in [6.07, 6.45) is 5.56. The first-order valence-electron chi connectivity index (χ1n) is 7.29. The second kappa shape index (κ2) is 6.51. The zero-order chi connectivity index (χ0) is 14.7. The summed E-state index contributed by atoms with van der Waals surface area (Å²) in [6, 6.07) is 4.49. The maximum Gasteiger partial charge on any atom is 0.185 e. The Bertz CT molecular complexity index is 534. The van der Waals surface area contributed by atoms with Crippen LogP contribution in [0.5, 0.6) is 0 Å². The quantitative estimate of drug-likeness (QED) is 0.932. The first kappa shape index (κ1) is 14.4. The molecule has 0 amide bonds. The van der Waals surface area contributed by atoms with Crippen molar-refractivity contribution in [2.45, 2.75) is 19.0 Å². The number of nitrogens with zero attached hydrogens (tertiary/aromatic N) is 4. The predicted octanol–water partition coefficient (Wildman–Crippen LogP) is 1.75. The van der Waals surface area contributed by atoms with Gasteiger partial charge in [0.15, 0.2) is 5.13 Å². The van der Waals surface area contributed by atoms with Gasteiger partial charge in [0.1, 0.15) is 0 Å². The van der Waals surface area contributed by atoms with Crippen LogP contribution in [-0.2, 0) is 0 Å². The van der Waals surface area contributed by atoms with E-state index in [-0.39, 0.29) is 12.1 Å². The second-order valence-electron chi connectivity index (χ2n) is 5.42. The maximum atomic E-state index is 6.24. The van der Waals surface area contributed by atoms with Crippen LogP contribution in [0.2, 0.25) is 0 Å². The molecule has 112 valence electrons. The highest BCUT2D eigenvalue weighted by atomic mass is 32.1. The van der Waals surface area contributed by atoms with Crippen molar-refractivity contribution in [1.82, 2.24) is 14.9 Å². The molecule has 0 bridgehead atoms. The molecule has 2 aromatic heterocycles. The monoisotopic (exact) mass is 303 g/mol. The van der Waals surface area contributed by atoms with Gasteiger partial charge in [-0.3, -0.25) is 9.88 Å². The summed E-state index contributed by atoms with van der Waals surface area (Å²) in [6.45, 7) is 6.10. The van der Waals surface area contributed by atoms with Crippen molar-refractivity contribution in [3.8, 4) is 0 Å². The average Bonchev–Trinajstić information content (AvgIpc) is 3.03.